The maximum Gasteiger partial charge on any atom is 0.345 e. The molecule has 8 rings (SSSR count). The van der Waals surface area contributed by atoms with Crippen LogP contribution in [-0.2, 0) is 16.0 Å². The summed E-state index contributed by atoms with van der Waals surface area (Å²) in [5.41, 5.74) is 2.52. The van der Waals surface area contributed by atoms with Crippen molar-refractivity contribution >= 4 is 46.5 Å². The maximum atomic E-state index is 15.7. The molecule has 50 heavy (non-hydrogen) atoms. The van der Waals surface area contributed by atoms with Gasteiger partial charge in [0, 0.05) is 54.6 Å². The number of ether oxygens (including phenoxy) is 3. The molecule has 0 saturated carbocycles. The molecular formula is C35H33Cl2F3N4O6. The van der Waals surface area contributed by atoms with Gasteiger partial charge in [-0.25, -0.2) is 9.18 Å². The van der Waals surface area contributed by atoms with Crippen LogP contribution in [0.15, 0.2) is 42.5 Å². The van der Waals surface area contributed by atoms with Crippen LogP contribution < -0.4 is 14.5 Å². The van der Waals surface area contributed by atoms with E-state index in [1.54, 1.807) is 36.4 Å². The number of nitrogens with zero attached hydrogens (tertiary/aromatic N) is 4. The van der Waals surface area contributed by atoms with Crippen LogP contribution in [0.25, 0.3) is 11.1 Å². The van der Waals surface area contributed by atoms with Crippen LogP contribution in [0.4, 0.5) is 24.5 Å². The van der Waals surface area contributed by atoms with Gasteiger partial charge in [-0.05, 0) is 37.1 Å². The maximum absolute atomic E-state index is 15.7. The lowest BCUT2D eigenvalue weighted by Crippen LogP contribution is -2.67. The Hall–Kier alpha value is -3.75. The van der Waals surface area contributed by atoms with Gasteiger partial charge in [0.05, 0.1) is 64.8 Å². The van der Waals surface area contributed by atoms with Crippen LogP contribution in [0, 0.1) is 5.82 Å². The molecule has 5 heterocycles. The van der Waals surface area contributed by atoms with Gasteiger partial charge >= 0.3 is 12.6 Å². The van der Waals surface area contributed by atoms with Crippen molar-refractivity contribution in [3.05, 3.63) is 75.0 Å². The number of aromatic carboxylic acids is 1. The van der Waals surface area contributed by atoms with E-state index in [2.05, 4.69) is 19.4 Å². The first-order valence-corrected chi connectivity index (χ1v) is 17.2. The minimum absolute atomic E-state index is 0.0112. The van der Waals surface area contributed by atoms with Crippen molar-refractivity contribution in [3.63, 3.8) is 0 Å². The van der Waals surface area contributed by atoms with Gasteiger partial charge in [-0.3, -0.25) is 9.69 Å². The van der Waals surface area contributed by atoms with Crippen molar-refractivity contribution in [2.24, 2.45) is 0 Å². The predicted molar refractivity (Wildman–Crippen MR) is 179 cm³/mol. The van der Waals surface area contributed by atoms with E-state index in [0.29, 0.717) is 62.0 Å². The molecule has 0 aromatic heterocycles. The van der Waals surface area contributed by atoms with Gasteiger partial charge < -0.3 is 34.0 Å². The Morgan fingerprint density at radius 3 is 2.30 bits per heavy atom. The summed E-state index contributed by atoms with van der Waals surface area (Å²) in [6.45, 7) is 0.434. The van der Waals surface area contributed by atoms with Gasteiger partial charge in [-0.2, -0.15) is 8.78 Å². The number of alkyl halides is 2. The topological polar surface area (TPSA) is 95.0 Å². The Morgan fingerprint density at radius 1 is 0.940 bits per heavy atom. The first-order chi connectivity index (χ1) is 24.0. The summed E-state index contributed by atoms with van der Waals surface area (Å²) in [4.78, 5) is 33.7. The van der Waals surface area contributed by atoms with Crippen LogP contribution in [-0.4, -0.2) is 104 Å². The molecule has 2 atom stereocenters. The second-order valence-corrected chi connectivity index (χ2v) is 14.2. The molecular weight excluding hydrogens is 700 g/mol. The number of rotatable bonds is 8. The molecule has 1 N–H and O–H groups in total. The number of carboxylic acid groups (broad SMARTS) is 1. The van der Waals surface area contributed by atoms with Crippen molar-refractivity contribution in [1.82, 2.24) is 9.80 Å². The summed E-state index contributed by atoms with van der Waals surface area (Å²) >= 11 is 13.3. The lowest BCUT2D eigenvalue weighted by molar-refractivity contribution is -0.201. The number of carboxylic acids is 1. The van der Waals surface area contributed by atoms with Crippen molar-refractivity contribution < 1.29 is 42.1 Å². The summed E-state index contributed by atoms with van der Waals surface area (Å²) in [5, 5.41) is 10.3. The van der Waals surface area contributed by atoms with Crippen LogP contribution in [0.5, 0.6) is 5.75 Å². The molecule has 5 aliphatic heterocycles. The highest BCUT2D eigenvalue weighted by atomic mass is 35.5. The number of morpholine rings is 1. The minimum atomic E-state index is -2.77. The van der Waals surface area contributed by atoms with Gasteiger partial charge in [0.15, 0.2) is 6.73 Å². The third-order valence-corrected chi connectivity index (χ3v) is 11.0. The predicted octanol–water partition coefficient (Wildman–Crippen LogP) is 5.97. The number of hydrogen-bond acceptors (Lipinski definition) is 8. The molecule has 4 saturated heterocycles. The number of carbonyl (C=O) groups is 2. The van der Waals surface area contributed by atoms with E-state index in [1.165, 1.54) is 4.90 Å². The van der Waals surface area contributed by atoms with Gasteiger partial charge in [0.25, 0.3) is 5.91 Å². The van der Waals surface area contributed by atoms with Crippen molar-refractivity contribution in [2.45, 2.75) is 50.2 Å². The van der Waals surface area contributed by atoms with Gasteiger partial charge in [-0.15, -0.1) is 0 Å². The van der Waals surface area contributed by atoms with Gasteiger partial charge in [0.1, 0.15) is 11.6 Å². The summed E-state index contributed by atoms with van der Waals surface area (Å²) in [5.74, 6) is -1.93. The monoisotopic (exact) mass is 732 g/mol. The SMILES string of the molecule is O=C(O)c1cc(F)c(-c2cccc3c2OCN(C(=O)c2c(Cl)cc(N4CC(N5CC(OC(F)F)C5)C4)cc2Cl)C3)cc1N1C2CCC1COC2. The number of carbonyl (C=O) groups excluding carboxylic acids is 1. The van der Waals surface area contributed by atoms with Gasteiger partial charge in [-0.1, -0.05) is 41.4 Å². The van der Waals surface area contributed by atoms with Crippen LogP contribution >= 0.6 is 23.2 Å². The third kappa shape index (κ3) is 5.92. The van der Waals surface area contributed by atoms with E-state index in [9.17, 15) is 23.5 Å². The van der Waals surface area contributed by atoms with Crippen molar-refractivity contribution in [2.75, 3.05) is 55.9 Å². The van der Waals surface area contributed by atoms with Crippen LogP contribution in [0.1, 0.15) is 39.1 Å². The minimum Gasteiger partial charge on any atom is -0.478 e. The molecule has 1 amide bonds. The second kappa shape index (κ2) is 13.1. The fourth-order valence-electron chi connectivity index (χ4n) is 7.79. The zero-order chi connectivity index (χ0) is 34.8. The summed E-state index contributed by atoms with van der Waals surface area (Å²) < 4.78 is 56.9. The number of hydrogen-bond donors (Lipinski definition) is 1. The Bertz CT molecular complexity index is 1820. The quantitative estimate of drug-likeness (QED) is 0.301. The molecule has 5 aliphatic rings. The average molecular weight is 734 g/mol. The summed E-state index contributed by atoms with van der Waals surface area (Å²) in [7, 11) is 0. The normalized spacial score (nSPS) is 22.3. The Labute approximate surface area is 295 Å². The molecule has 2 bridgehead atoms. The first kappa shape index (κ1) is 33.4. The number of amides is 1. The number of fused-ring (bicyclic) bond motifs is 3. The second-order valence-electron chi connectivity index (χ2n) is 13.4. The number of para-hydroxylation sites is 1. The van der Waals surface area contributed by atoms with Crippen LogP contribution in [0.3, 0.4) is 0 Å². The number of halogens is 5. The summed E-state index contributed by atoms with van der Waals surface area (Å²) in [6.07, 6.45) is 1.27. The van der Waals surface area contributed by atoms with E-state index >= 15 is 4.39 Å². The molecule has 3 aromatic carbocycles. The largest absolute Gasteiger partial charge is 0.478 e. The Morgan fingerprint density at radius 2 is 1.64 bits per heavy atom. The molecule has 15 heteroatoms. The van der Waals surface area contributed by atoms with Gasteiger partial charge in [0.2, 0.25) is 0 Å². The first-order valence-electron chi connectivity index (χ1n) is 16.4. The van der Waals surface area contributed by atoms with Crippen molar-refractivity contribution in [1.29, 1.82) is 0 Å². The van der Waals surface area contributed by atoms with E-state index in [4.69, 9.17) is 32.7 Å². The highest BCUT2D eigenvalue weighted by molar-refractivity contribution is 6.40. The highest BCUT2D eigenvalue weighted by Gasteiger charge is 2.42. The molecule has 264 valence electrons. The van der Waals surface area contributed by atoms with E-state index in [0.717, 1.165) is 24.6 Å². The van der Waals surface area contributed by atoms with E-state index in [-0.39, 0.29) is 58.1 Å². The molecule has 0 radical (unpaired) electrons. The Kier molecular flexibility index (Phi) is 8.75. The zero-order valence-electron chi connectivity index (χ0n) is 26.7. The van der Waals surface area contributed by atoms with E-state index < -0.39 is 30.4 Å². The highest BCUT2D eigenvalue weighted by Crippen LogP contribution is 2.43. The third-order valence-electron chi connectivity index (χ3n) is 10.4. The smallest absolute Gasteiger partial charge is 0.345 e. The molecule has 0 spiro atoms. The number of anilines is 2. The average Bonchev–Trinajstić information content (AvgIpc) is 3.28. The fourth-order valence-corrected chi connectivity index (χ4v) is 8.43. The molecule has 4 fully saturated rings. The summed E-state index contributed by atoms with van der Waals surface area (Å²) in [6, 6.07) is 11.5. The molecule has 3 aromatic rings. The lowest BCUT2D eigenvalue weighted by atomic mass is 9.96. The van der Waals surface area contributed by atoms with Crippen LogP contribution in [0.2, 0.25) is 10.0 Å². The van der Waals surface area contributed by atoms with E-state index in [1.807, 2.05) is 0 Å². The number of benzene rings is 3. The molecule has 0 aliphatic carbocycles. The zero-order valence-corrected chi connectivity index (χ0v) is 28.2. The fraction of sp³-hybridized carbons (Fsp3) is 0.429. The van der Waals surface area contributed by atoms with Crippen molar-refractivity contribution in [3.8, 4) is 16.9 Å². The molecule has 10 nitrogen and oxygen atoms in total. The molecule has 2 unspecified atom stereocenters. The number of likely N-dealkylation sites (tertiary alicyclic amines) is 1. The standard InChI is InChI=1S/C35H33Cl2F3N4O6/c36-27-6-21(41-11-22(12-41)42-13-23(14-42)50-35(39)40)7-28(37)31(27)33(45)43-10-18-2-1-3-24(32(18)49-17-43)25-9-30(26(34(46)47)8-29(25)38)44-19-4-5-20(44)16-48-15-19/h1-3,6-9,19-20,22-23,35H,4-5,10-17H2,(H,46,47). The Balaban J connectivity index is 0.991. The lowest BCUT2D eigenvalue weighted by Gasteiger charge is -2.52.